The molecule has 2 aromatic carbocycles. The lowest BCUT2D eigenvalue weighted by atomic mass is 10.2. The number of hydrogen-bond acceptors (Lipinski definition) is 2. The summed E-state index contributed by atoms with van der Waals surface area (Å²) in [6.07, 6.45) is 0. The number of hydrogen-bond donors (Lipinski definition) is 1. The number of nitrogens with one attached hydrogen (secondary N) is 1. The fraction of sp³-hybridized carbons (Fsp3) is 0.278. The topological polar surface area (TPSA) is 35.6 Å². The van der Waals surface area contributed by atoms with Crippen molar-refractivity contribution in [3.8, 4) is 0 Å². The minimum atomic E-state index is -0.325. The van der Waals surface area contributed by atoms with E-state index < -0.39 is 0 Å². The Kier molecular flexibility index (Phi) is 4.93. The Bertz CT molecular complexity index is 715. The van der Waals surface area contributed by atoms with Gasteiger partial charge in [0.1, 0.15) is 11.6 Å². The van der Waals surface area contributed by atoms with Crippen LogP contribution in [0.25, 0.3) is 0 Å². The standard InChI is InChI=1S/C18H19F2N3O/c19-15-5-3-6-16(12-15)22-8-10-23(11-9-22)18(24)21-13-14-4-1-2-7-17(14)20/h1-7,12H,8-11,13H2,(H,21,24). The number of urea groups is 1. The molecule has 1 N–H and O–H groups in total. The van der Waals surface area contributed by atoms with Gasteiger partial charge in [-0.3, -0.25) is 0 Å². The molecule has 2 amide bonds. The van der Waals surface area contributed by atoms with Gasteiger partial charge in [-0.2, -0.15) is 0 Å². The molecule has 126 valence electrons. The van der Waals surface area contributed by atoms with E-state index >= 15 is 0 Å². The Morgan fingerprint density at radius 1 is 1.00 bits per heavy atom. The van der Waals surface area contributed by atoms with Gasteiger partial charge < -0.3 is 15.1 Å². The molecule has 0 saturated carbocycles. The van der Waals surface area contributed by atoms with Crippen LogP contribution in [-0.2, 0) is 6.54 Å². The molecule has 1 aliphatic rings. The van der Waals surface area contributed by atoms with Gasteiger partial charge in [0.05, 0.1) is 0 Å². The fourth-order valence-electron chi connectivity index (χ4n) is 2.76. The van der Waals surface area contributed by atoms with Gasteiger partial charge in [-0.25, -0.2) is 13.6 Å². The lowest BCUT2D eigenvalue weighted by Crippen LogP contribution is -2.51. The number of rotatable bonds is 3. The highest BCUT2D eigenvalue weighted by Gasteiger charge is 2.21. The highest BCUT2D eigenvalue weighted by Crippen LogP contribution is 2.17. The summed E-state index contributed by atoms with van der Waals surface area (Å²) in [6, 6.07) is 12.6. The van der Waals surface area contributed by atoms with Crippen molar-refractivity contribution in [3.63, 3.8) is 0 Å². The number of amides is 2. The Balaban J connectivity index is 1.51. The van der Waals surface area contributed by atoms with Crippen LogP contribution in [0.2, 0.25) is 0 Å². The molecule has 4 nitrogen and oxygen atoms in total. The predicted octanol–water partition coefficient (Wildman–Crippen LogP) is 3.00. The summed E-state index contributed by atoms with van der Waals surface area (Å²) in [6.45, 7) is 2.52. The molecule has 0 aromatic heterocycles. The number of benzene rings is 2. The van der Waals surface area contributed by atoms with Gasteiger partial charge >= 0.3 is 6.03 Å². The van der Waals surface area contributed by atoms with Crippen LogP contribution >= 0.6 is 0 Å². The highest BCUT2D eigenvalue weighted by atomic mass is 19.1. The van der Waals surface area contributed by atoms with E-state index in [0.29, 0.717) is 31.7 Å². The monoisotopic (exact) mass is 331 g/mol. The van der Waals surface area contributed by atoms with Crippen LogP contribution in [-0.4, -0.2) is 37.1 Å². The van der Waals surface area contributed by atoms with Crippen LogP contribution in [0.4, 0.5) is 19.3 Å². The third-order valence-electron chi connectivity index (χ3n) is 4.13. The molecular formula is C18H19F2N3O. The molecule has 0 spiro atoms. The van der Waals surface area contributed by atoms with E-state index in [0.717, 1.165) is 5.69 Å². The van der Waals surface area contributed by atoms with E-state index in [-0.39, 0.29) is 24.2 Å². The van der Waals surface area contributed by atoms with Crippen molar-refractivity contribution < 1.29 is 13.6 Å². The highest BCUT2D eigenvalue weighted by molar-refractivity contribution is 5.74. The predicted molar refractivity (Wildman–Crippen MR) is 88.8 cm³/mol. The zero-order valence-corrected chi connectivity index (χ0v) is 13.2. The first kappa shape index (κ1) is 16.2. The SMILES string of the molecule is O=C(NCc1ccccc1F)N1CCN(c2cccc(F)c2)CC1. The number of carbonyl (C=O) groups excluding carboxylic acids is 1. The number of piperazine rings is 1. The third kappa shape index (κ3) is 3.82. The summed E-state index contributed by atoms with van der Waals surface area (Å²) >= 11 is 0. The van der Waals surface area contributed by atoms with Crippen LogP contribution in [0.1, 0.15) is 5.56 Å². The molecule has 0 unspecified atom stereocenters. The lowest BCUT2D eigenvalue weighted by Gasteiger charge is -2.36. The molecule has 24 heavy (non-hydrogen) atoms. The molecule has 1 aliphatic heterocycles. The van der Waals surface area contributed by atoms with Crippen LogP contribution in [0.5, 0.6) is 0 Å². The Morgan fingerprint density at radius 2 is 1.75 bits per heavy atom. The minimum Gasteiger partial charge on any atom is -0.368 e. The number of nitrogens with zero attached hydrogens (tertiary/aromatic N) is 2. The van der Waals surface area contributed by atoms with E-state index in [1.165, 1.54) is 18.2 Å². The third-order valence-corrected chi connectivity index (χ3v) is 4.13. The molecule has 0 bridgehead atoms. The first-order valence-corrected chi connectivity index (χ1v) is 7.90. The second-order valence-electron chi connectivity index (χ2n) is 5.70. The van der Waals surface area contributed by atoms with Gasteiger partial charge in [0, 0.05) is 44.0 Å². The zero-order chi connectivity index (χ0) is 16.9. The van der Waals surface area contributed by atoms with Crippen LogP contribution in [0, 0.1) is 11.6 Å². The summed E-state index contributed by atoms with van der Waals surface area (Å²) < 4.78 is 26.8. The van der Waals surface area contributed by atoms with E-state index in [1.54, 1.807) is 29.2 Å². The number of carbonyl (C=O) groups is 1. The summed E-state index contributed by atoms with van der Waals surface area (Å²) in [5, 5.41) is 2.74. The average molecular weight is 331 g/mol. The zero-order valence-electron chi connectivity index (χ0n) is 13.2. The van der Waals surface area contributed by atoms with Gasteiger partial charge in [-0.05, 0) is 24.3 Å². The molecule has 0 atom stereocenters. The summed E-state index contributed by atoms with van der Waals surface area (Å²) in [5.41, 5.74) is 1.28. The Hall–Kier alpha value is -2.63. The first-order valence-electron chi connectivity index (χ1n) is 7.90. The van der Waals surface area contributed by atoms with E-state index in [1.807, 2.05) is 11.0 Å². The molecule has 3 rings (SSSR count). The Morgan fingerprint density at radius 3 is 2.46 bits per heavy atom. The van der Waals surface area contributed by atoms with Crippen molar-refractivity contribution in [2.45, 2.75) is 6.54 Å². The van der Waals surface area contributed by atoms with Gasteiger partial charge in [-0.1, -0.05) is 24.3 Å². The molecule has 1 heterocycles. The van der Waals surface area contributed by atoms with E-state index in [2.05, 4.69) is 5.32 Å². The van der Waals surface area contributed by atoms with Crippen LogP contribution in [0.15, 0.2) is 48.5 Å². The molecule has 6 heteroatoms. The second kappa shape index (κ2) is 7.29. The summed E-state index contributed by atoms with van der Waals surface area (Å²) in [7, 11) is 0. The van der Waals surface area contributed by atoms with E-state index in [4.69, 9.17) is 0 Å². The van der Waals surface area contributed by atoms with Crippen LogP contribution in [0.3, 0.4) is 0 Å². The molecule has 1 fully saturated rings. The normalized spacial score (nSPS) is 14.6. The number of anilines is 1. The molecule has 0 aliphatic carbocycles. The number of halogens is 2. The van der Waals surface area contributed by atoms with Crippen molar-refractivity contribution >= 4 is 11.7 Å². The van der Waals surface area contributed by atoms with Gasteiger partial charge in [0.15, 0.2) is 0 Å². The largest absolute Gasteiger partial charge is 0.368 e. The van der Waals surface area contributed by atoms with Gasteiger partial charge in [0.2, 0.25) is 0 Å². The molecule has 2 aromatic rings. The average Bonchev–Trinajstić information content (AvgIpc) is 2.61. The quantitative estimate of drug-likeness (QED) is 0.938. The van der Waals surface area contributed by atoms with E-state index in [9.17, 15) is 13.6 Å². The maximum absolute atomic E-state index is 13.6. The summed E-state index contributed by atoms with van der Waals surface area (Å²) in [5.74, 6) is -0.591. The summed E-state index contributed by atoms with van der Waals surface area (Å²) in [4.78, 5) is 15.9. The smallest absolute Gasteiger partial charge is 0.317 e. The molecular weight excluding hydrogens is 312 g/mol. The Labute approximate surface area is 139 Å². The van der Waals surface area contributed by atoms with Crippen molar-refractivity contribution in [3.05, 3.63) is 65.7 Å². The lowest BCUT2D eigenvalue weighted by molar-refractivity contribution is 0.194. The first-order chi connectivity index (χ1) is 11.6. The van der Waals surface area contributed by atoms with Crippen LogP contribution < -0.4 is 10.2 Å². The van der Waals surface area contributed by atoms with Crippen molar-refractivity contribution in [1.29, 1.82) is 0 Å². The van der Waals surface area contributed by atoms with Crippen molar-refractivity contribution in [1.82, 2.24) is 10.2 Å². The van der Waals surface area contributed by atoms with Crippen molar-refractivity contribution in [2.24, 2.45) is 0 Å². The fourth-order valence-corrected chi connectivity index (χ4v) is 2.76. The maximum Gasteiger partial charge on any atom is 0.317 e. The maximum atomic E-state index is 13.6. The minimum absolute atomic E-state index is 0.162. The van der Waals surface area contributed by atoms with Gasteiger partial charge in [-0.15, -0.1) is 0 Å². The molecule has 0 radical (unpaired) electrons. The second-order valence-corrected chi connectivity index (χ2v) is 5.70. The molecule has 1 saturated heterocycles. The van der Waals surface area contributed by atoms with Crippen molar-refractivity contribution in [2.75, 3.05) is 31.1 Å². The van der Waals surface area contributed by atoms with Gasteiger partial charge in [0.25, 0.3) is 0 Å².